The molecule has 0 bridgehead atoms. The minimum absolute atomic E-state index is 0.117. The van der Waals surface area contributed by atoms with Crippen molar-refractivity contribution in [3.63, 3.8) is 0 Å². The molecule has 0 unspecified atom stereocenters. The quantitative estimate of drug-likeness (QED) is 0.331. The molecule has 0 saturated heterocycles. The number of nitrogens with zero attached hydrogens (tertiary/aromatic N) is 1. The number of furan rings is 1. The Balaban J connectivity index is 1.75. The summed E-state index contributed by atoms with van der Waals surface area (Å²) in [6, 6.07) is 18.6. The molecule has 0 aliphatic rings. The maximum absolute atomic E-state index is 12.4. The summed E-state index contributed by atoms with van der Waals surface area (Å²) >= 11 is 5.90. The number of ether oxygens (including phenoxy) is 1. The molecule has 0 radical (unpaired) electrons. The molecule has 7 heteroatoms. The van der Waals surface area contributed by atoms with Gasteiger partial charge in [0.1, 0.15) is 23.2 Å². The summed E-state index contributed by atoms with van der Waals surface area (Å²) in [6.45, 7) is 2.05. The average molecular weight is 421 g/mol. The van der Waals surface area contributed by atoms with Crippen molar-refractivity contribution in [2.24, 2.45) is 0 Å². The van der Waals surface area contributed by atoms with E-state index in [1.165, 1.54) is 6.08 Å². The van der Waals surface area contributed by atoms with E-state index in [2.05, 4.69) is 5.32 Å². The van der Waals surface area contributed by atoms with Gasteiger partial charge in [0.25, 0.3) is 5.91 Å². The second-order valence-electron chi connectivity index (χ2n) is 6.13. The number of rotatable bonds is 6. The van der Waals surface area contributed by atoms with Crippen molar-refractivity contribution in [1.82, 2.24) is 0 Å². The van der Waals surface area contributed by atoms with Crippen molar-refractivity contribution < 1.29 is 18.7 Å². The van der Waals surface area contributed by atoms with Gasteiger partial charge in [0.2, 0.25) is 0 Å². The number of carbonyl (C=O) groups is 2. The second-order valence-corrected chi connectivity index (χ2v) is 6.57. The predicted octanol–water partition coefficient (Wildman–Crippen LogP) is 5.32. The summed E-state index contributed by atoms with van der Waals surface area (Å²) < 4.78 is 10.7. The van der Waals surface area contributed by atoms with Gasteiger partial charge in [-0.1, -0.05) is 29.8 Å². The molecule has 0 saturated carbocycles. The smallest absolute Gasteiger partial charge is 0.338 e. The number of benzene rings is 2. The summed E-state index contributed by atoms with van der Waals surface area (Å²) in [5.74, 6) is -0.0885. The van der Waals surface area contributed by atoms with E-state index in [9.17, 15) is 14.9 Å². The second kappa shape index (κ2) is 9.59. The summed E-state index contributed by atoms with van der Waals surface area (Å²) in [4.78, 5) is 24.1. The fraction of sp³-hybridized carbons (Fsp3) is 0.0870. The highest BCUT2D eigenvalue weighted by Crippen LogP contribution is 2.24. The van der Waals surface area contributed by atoms with E-state index in [0.29, 0.717) is 34.4 Å². The topological polar surface area (TPSA) is 92.3 Å². The first-order valence-corrected chi connectivity index (χ1v) is 9.44. The highest BCUT2D eigenvalue weighted by atomic mass is 35.5. The standard InChI is InChI=1S/C23H17ClN2O4/c1-2-29-23(28)16-8-6-15(7-9-16)21-11-10-20(30-21)12-17(14-25)22(27)26-19-5-3-4-18(24)13-19/h3-13H,2H2,1H3,(H,26,27). The summed E-state index contributed by atoms with van der Waals surface area (Å²) in [5.41, 5.74) is 1.55. The van der Waals surface area contributed by atoms with Crippen molar-refractivity contribution in [3.05, 3.63) is 82.6 Å². The van der Waals surface area contributed by atoms with Crippen LogP contribution in [0.2, 0.25) is 5.02 Å². The lowest BCUT2D eigenvalue weighted by Gasteiger charge is -2.04. The van der Waals surface area contributed by atoms with Gasteiger partial charge in [0, 0.05) is 22.3 Å². The number of halogens is 1. The first-order chi connectivity index (χ1) is 14.5. The van der Waals surface area contributed by atoms with E-state index in [1.807, 2.05) is 6.07 Å². The lowest BCUT2D eigenvalue weighted by molar-refractivity contribution is -0.112. The van der Waals surface area contributed by atoms with Crippen LogP contribution in [0.15, 0.2) is 70.7 Å². The Morgan fingerprint density at radius 2 is 1.93 bits per heavy atom. The lowest BCUT2D eigenvalue weighted by Crippen LogP contribution is -2.13. The van der Waals surface area contributed by atoms with E-state index in [1.54, 1.807) is 67.6 Å². The first-order valence-electron chi connectivity index (χ1n) is 9.06. The van der Waals surface area contributed by atoms with E-state index in [-0.39, 0.29) is 5.57 Å². The van der Waals surface area contributed by atoms with Gasteiger partial charge in [-0.25, -0.2) is 4.79 Å². The zero-order chi connectivity index (χ0) is 21.5. The van der Waals surface area contributed by atoms with Crippen LogP contribution < -0.4 is 5.32 Å². The molecule has 0 aliphatic heterocycles. The van der Waals surface area contributed by atoms with Crippen molar-refractivity contribution in [3.8, 4) is 17.4 Å². The van der Waals surface area contributed by atoms with Gasteiger partial charge >= 0.3 is 5.97 Å². The van der Waals surface area contributed by atoms with Crippen LogP contribution in [0.1, 0.15) is 23.0 Å². The summed E-state index contributed by atoms with van der Waals surface area (Å²) in [7, 11) is 0. The van der Waals surface area contributed by atoms with Gasteiger partial charge in [0.15, 0.2) is 0 Å². The Bertz CT molecular complexity index is 1140. The molecule has 1 aromatic heterocycles. The van der Waals surface area contributed by atoms with Crippen molar-refractivity contribution in [1.29, 1.82) is 5.26 Å². The molecule has 6 nitrogen and oxygen atoms in total. The van der Waals surface area contributed by atoms with Crippen molar-refractivity contribution >= 4 is 35.2 Å². The first kappa shape index (κ1) is 20.9. The van der Waals surface area contributed by atoms with Gasteiger partial charge in [-0.3, -0.25) is 4.79 Å². The van der Waals surface area contributed by atoms with Crippen LogP contribution >= 0.6 is 11.6 Å². The van der Waals surface area contributed by atoms with Crippen LogP contribution in [0, 0.1) is 11.3 Å². The molecular formula is C23H17ClN2O4. The Hall–Kier alpha value is -3.82. The molecule has 1 heterocycles. The molecule has 30 heavy (non-hydrogen) atoms. The lowest BCUT2D eigenvalue weighted by atomic mass is 10.1. The van der Waals surface area contributed by atoms with Gasteiger partial charge in [-0.2, -0.15) is 5.26 Å². The number of anilines is 1. The molecule has 0 atom stereocenters. The number of hydrogen-bond donors (Lipinski definition) is 1. The third-order valence-corrected chi connectivity index (χ3v) is 4.28. The Kier molecular flexibility index (Phi) is 6.68. The molecule has 3 aromatic rings. The van der Waals surface area contributed by atoms with Crippen LogP contribution in [0.5, 0.6) is 0 Å². The Morgan fingerprint density at radius 3 is 2.60 bits per heavy atom. The summed E-state index contributed by atoms with van der Waals surface area (Å²) in [6.07, 6.45) is 1.36. The van der Waals surface area contributed by atoms with Crippen LogP contribution in [0.25, 0.3) is 17.4 Å². The Labute approximate surface area is 178 Å². The molecular weight excluding hydrogens is 404 g/mol. The van der Waals surface area contributed by atoms with Crippen molar-refractivity contribution in [2.75, 3.05) is 11.9 Å². The molecule has 150 valence electrons. The van der Waals surface area contributed by atoms with Crippen LogP contribution in [-0.4, -0.2) is 18.5 Å². The normalized spacial score (nSPS) is 10.9. The number of carbonyl (C=O) groups excluding carboxylic acids is 2. The monoisotopic (exact) mass is 420 g/mol. The van der Waals surface area contributed by atoms with E-state index < -0.39 is 11.9 Å². The highest BCUT2D eigenvalue weighted by molar-refractivity contribution is 6.31. The number of esters is 1. The minimum atomic E-state index is -0.573. The molecule has 0 aliphatic carbocycles. The van der Waals surface area contributed by atoms with Crippen LogP contribution in [-0.2, 0) is 9.53 Å². The van der Waals surface area contributed by atoms with Gasteiger partial charge in [0.05, 0.1) is 12.2 Å². The fourth-order valence-corrected chi connectivity index (χ4v) is 2.82. The van der Waals surface area contributed by atoms with E-state index >= 15 is 0 Å². The van der Waals surface area contributed by atoms with Crippen LogP contribution in [0.3, 0.4) is 0 Å². The molecule has 3 rings (SSSR count). The number of amides is 1. The van der Waals surface area contributed by atoms with Gasteiger partial charge < -0.3 is 14.5 Å². The van der Waals surface area contributed by atoms with Crippen molar-refractivity contribution in [2.45, 2.75) is 6.92 Å². The minimum Gasteiger partial charge on any atom is -0.462 e. The maximum Gasteiger partial charge on any atom is 0.338 e. The highest BCUT2D eigenvalue weighted by Gasteiger charge is 2.12. The number of hydrogen-bond acceptors (Lipinski definition) is 5. The zero-order valence-electron chi connectivity index (χ0n) is 16.0. The number of nitriles is 1. The van der Waals surface area contributed by atoms with Gasteiger partial charge in [-0.15, -0.1) is 0 Å². The van der Waals surface area contributed by atoms with Gasteiger partial charge in [-0.05, 0) is 49.4 Å². The SMILES string of the molecule is CCOC(=O)c1ccc(-c2ccc(C=C(C#N)C(=O)Nc3cccc(Cl)c3)o2)cc1. The van der Waals surface area contributed by atoms with E-state index in [4.69, 9.17) is 20.8 Å². The van der Waals surface area contributed by atoms with E-state index in [0.717, 1.165) is 5.56 Å². The molecule has 0 fully saturated rings. The molecule has 1 N–H and O–H groups in total. The zero-order valence-corrected chi connectivity index (χ0v) is 16.8. The number of nitrogens with one attached hydrogen (secondary N) is 1. The third kappa shape index (κ3) is 5.16. The largest absolute Gasteiger partial charge is 0.462 e. The summed E-state index contributed by atoms with van der Waals surface area (Å²) in [5, 5.41) is 12.4. The average Bonchev–Trinajstić information content (AvgIpc) is 3.21. The molecule has 2 aromatic carbocycles. The molecule has 1 amide bonds. The predicted molar refractivity (Wildman–Crippen MR) is 114 cm³/mol. The van der Waals surface area contributed by atoms with Crippen LogP contribution in [0.4, 0.5) is 5.69 Å². The fourth-order valence-electron chi connectivity index (χ4n) is 2.63. The Morgan fingerprint density at radius 1 is 1.17 bits per heavy atom. The molecule has 0 spiro atoms. The third-order valence-electron chi connectivity index (χ3n) is 4.04. The maximum atomic E-state index is 12.4.